The highest BCUT2D eigenvalue weighted by molar-refractivity contribution is 14.1. The quantitative estimate of drug-likeness (QED) is 0.549. The predicted molar refractivity (Wildman–Crippen MR) is 100 cm³/mol. The Kier molecular flexibility index (Phi) is 6.60. The van der Waals surface area contributed by atoms with Gasteiger partial charge < -0.3 is 14.8 Å². The molecule has 0 aliphatic carbocycles. The van der Waals surface area contributed by atoms with E-state index in [-0.39, 0.29) is 24.6 Å². The molecule has 2 rings (SSSR count). The number of esters is 1. The second-order valence-corrected chi connectivity index (χ2v) is 6.46. The van der Waals surface area contributed by atoms with Crippen LogP contribution in [-0.4, -0.2) is 24.6 Å². The smallest absolute Gasteiger partial charge is 0.338 e. The number of carbonyl (C=O) groups excluding carboxylic acids is 2. The molecular formula is C18H18INO4. The van der Waals surface area contributed by atoms with E-state index in [0.29, 0.717) is 11.3 Å². The van der Waals surface area contributed by atoms with Gasteiger partial charge in [-0.3, -0.25) is 4.79 Å². The Morgan fingerprint density at radius 1 is 1.08 bits per heavy atom. The normalized spacial score (nSPS) is 10.3. The predicted octanol–water partition coefficient (Wildman–Crippen LogP) is 3.87. The largest absolute Gasteiger partial charge is 0.484 e. The van der Waals surface area contributed by atoms with E-state index < -0.39 is 0 Å². The summed E-state index contributed by atoms with van der Waals surface area (Å²) in [6, 6.07) is 14.0. The lowest BCUT2D eigenvalue weighted by Gasteiger charge is -2.10. The number of hydrogen-bond donors (Lipinski definition) is 1. The van der Waals surface area contributed by atoms with E-state index in [2.05, 4.69) is 27.9 Å². The van der Waals surface area contributed by atoms with Gasteiger partial charge in [-0.05, 0) is 72.8 Å². The van der Waals surface area contributed by atoms with Crippen molar-refractivity contribution in [2.75, 3.05) is 11.9 Å². The van der Waals surface area contributed by atoms with Gasteiger partial charge in [0.05, 0.1) is 17.4 Å². The standard InChI is InChI=1S/C18H18INO4/c1-12(2)24-18(22)13-7-9-14(10-8-13)23-11-17(21)20-16-6-4-3-5-15(16)19/h3-10,12H,11H2,1-2H3,(H,20,21). The van der Waals surface area contributed by atoms with Crippen LogP contribution in [0.2, 0.25) is 0 Å². The van der Waals surface area contributed by atoms with Crippen molar-refractivity contribution in [3.05, 3.63) is 57.7 Å². The molecule has 0 fully saturated rings. The van der Waals surface area contributed by atoms with Gasteiger partial charge in [-0.15, -0.1) is 0 Å². The topological polar surface area (TPSA) is 64.6 Å². The molecule has 0 saturated heterocycles. The fourth-order valence-corrected chi connectivity index (χ4v) is 2.39. The lowest BCUT2D eigenvalue weighted by atomic mass is 10.2. The van der Waals surface area contributed by atoms with E-state index in [1.807, 2.05) is 24.3 Å². The van der Waals surface area contributed by atoms with Crippen LogP contribution in [0.3, 0.4) is 0 Å². The van der Waals surface area contributed by atoms with Crippen molar-refractivity contribution < 1.29 is 19.1 Å². The third-order valence-electron chi connectivity index (χ3n) is 2.95. The molecule has 0 aliphatic rings. The average molecular weight is 439 g/mol. The third kappa shape index (κ3) is 5.52. The van der Waals surface area contributed by atoms with Crippen molar-refractivity contribution in [2.45, 2.75) is 20.0 Å². The van der Waals surface area contributed by atoms with Crippen LogP contribution in [0.15, 0.2) is 48.5 Å². The van der Waals surface area contributed by atoms with Crippen molar-refractivity contribution in [2.24, 2.45) is 0 Å². The minimum Gasteiger partial charge on any atom is -0.484 e. The van der Waals surface area contributed by atoms with E-state index in [4.69, 9.17) is 9.47 Å². The molecule has 5 nitrogen and oxygen atoms in total. The van der Waals surface area contributed by atoms with Gasteiger partial charge in [-0.1, -0.05) is 12.1 Å². The molecule has 0 unspecified atom stereocenters. The molecule has 2 aromatic carbocycles. The monoisotopic (exact) mass is 439 g/mol. The highest BCUT2D eigenvalue weighted by Gasteiger charge is 2.10. The Balaban J connectivity index is 1.87. The summed E-state index contributed by atoms with van der Waals surface area (Å²) in [5.41, 5.74) is 1.19. The summed E-state index contributed by atoms with van der Waals surface area (Å²) in [5, 5.41) is 2.79. The molecule has 2 aromatic rings. The maximum atomic E-state index is 11.9. The van der Waals surface area contributed by atoms with Gasteiger partial charge in [0.2, 0.25) is 0 Å². The molecule has 24 heavy (non-hydrogen) atoms. The molecular weight excluding hydrogens is 421 g/mol. The Bertz CT molecular complexity index is 713. The highest BCUT2D eigenvalue weighted by Crippen LogP contribution is 2.17. The van der Waals surface area contributed by atoms with E-state index in [1.54, 1.807) is 38.1 Å². The van der Waals surface area contributed by atoms with Crippen LogP contribution in [-0.2, 0) is 9.53 Å². The number of para-hydroxylation sites is 1. The van der Waals surface area contributed by atoms with Gasteiger partial charge in [0, 0.05) is 3.57 Å². The second kappa shape index (κ2) is 8.68. The molecule has 0 saturated carbocycles. The van der Waals surface area contributed by atoms with Crippen LogP contribution in [0.1, 0.15) is 24.2 Å². The molecule has 0 aromatic heterocycles. The first kappa shape index (κ1) is 18.3. The molecule has 0 bridgehead atoms. The molecule has 0 radical (unpaired) electrons. The lowest BCUT2D eigenvalue weighted by molar-refractivity contribution is -0.118. The zero-order chi connectivity index (χ0) is 17.5. The summed E-state index contributed by atoms with van der Waals surface area (Å²) in [7, 11) is 0. The number of halogens is 1. The molecule has 0 aliphatic heterocycles. The van der Waals surface area contributed by atoms with Crippen molar-refractivity contribution in [1.82, 2.24) is 0 Å². The minimum atomic E-state index is -0.382. The number of rotatable bonds is 6. The number of benzene rings is 2. The zero-order valence-electron chi connectivity index (χ0n) is 13.4. The molecule has 6 heteroatoms. The molecule has 1 amide bonds. The Morgan fingerprint density at radius 3 is 2.38 bits per heavy atom. The van der Waals surface area contributed by atoms with Gasteiger partial charge in [0.1, 0.15) is 5.75 Å². The van der Waals surface area contributed by atoms with Gasteiger partial charge in [-0.25, -0.2) is 4.79 Å². The molecule has 1 N–H and O–H groups in total. The number of ether oxygens (including phenoxy) is 2. The summed E-state index contributed by atoms with van der Waals surface area (Å²) >= 11 is 2.15. The maximum Gasteiger partial charge on any atom is 0.338 e. The van der Waals surface area contributed by atoms with Gasteiger partial charge in [0.25, 0.3) is 5.91 Å². The highest BCUT2D eigenvalue weighted by atomic mass is 127. The number of hydrogen-bond acceptors (Lipinski definition) is 4. The van der Waals surface area contributed by atoms with E-state index in [9.17, 15) is 9.59 Å². The summed E-state index contributed by atoms with van der Waals surface area (Å²) in [6.07, 6.45) is -0.169. The number of nitrogens with one attached hydrogen (secondary N) is 1. The van der Waals surface area contributed by atoms with E-state index in [0.717, 1.165) is 9.26 Å². The van der Waals surface area contributed by atoms with Gasteiger partial charge in [0.15, 0.2) is 6.61 Å². The summed E-state index contributed by atoms with van der Waals surface area (Å²) < 4.78 is 11.5. The van der Waals surface area contributed by atoms with Crippen molar-refractivity contribution in [3.8, 4) is 5.75 Å². The first-order chi connectivity index (χ1) is 11.5. The van der Waals surface area contributed by atoms with Crippen molar-refractivity contribution >= 4 is 40.2 Å². The minimum absolute atomic E-state index is 0.110. The number of anilines is 1. The third-order valence-corrected chi connectivity index (χ3v) is 3.89. The second-order valence-electron chi connectivity index (χ2n) is 5.30. The first-order valence-corrected chi connectivity index (χ1v) is 8.52. The van der Waals surface area contributed by atoms with Crippen molar-refractivity contribution in [3.63, 3.8) is 0 Å². The Hall–Kier alpha value is -2.09. The fourth-order valence-electron chi connectivity index (χ4n) is 1.87. The van der Waals surface area contributed by atoms with Crippen LogP contribution in [0.25, 0.3) is 0 Å². The molecule has 0 atom stereocenters. The summed E-state index contributed by atoms with van der Waals surface area (Å²) in [6.45, 7) is 3.48. The molecule has 0 spiro atoms. The van der Waals surface area contributed by atoms with Gasteiger partial charge >= 0.3 is 5.97 Å². The van der Waals surface area contributed by atoms with E-state index >= 15 is 0 Å². The number of amides is 1. The fraction of sp³-hybridized carbons (Fsp3) is 0.222. The zero-order valence-corrected chi connectivity index (χ0v) is 15.6. The van der Waals surface area contributed by atoms with Crippen LogP contribution < -0.4 is 10.1 Å². The first-order valence-electron chi connectivity index (χ1n) is 7.44. The van der Waals surface area contributed by atoms with Crippen LogP contribution in [0, 0.1) is 3.57 Å². The summed E-state index contributed by atoms with van der Waals surface area (Å²) in [4.78, 5) is 23.7. The SMILES string of the molecule is CC(C)OC(=O)c1ccc(OCC(=O)Nc2ccccc2I)cc1. The Morgan fingerprint density at radius 2 is 1.75 bits per heavy atom. The van der Waals surface area contributed by atoms with Gasteiger partial charge in [-0.2, -0.15) is 0 Å². The molecule has 126 valence electrons. The van der Waals surface area contributed by atoms with Crippen LogP contribution in [0.4, 0.5) is 5.69 Å². The Labute approximate surface area is 154 Å². The maximum absolute atomic E-state index is 11.9. The van der Waals surface area contributed by atoms with Crippen molar-refractivity contribution in [1.29, 1.82) is 0 Å². The summed E-state index contributed by atoms with van der Waals surface area (Å²) in [5.74, 6) is -0.121. The lowest BCUT2D eigenvalue weighted by Crippen LogP contribution is -2.20. The van der Waals surface area contributed by atoms with E-state index in [1.165, 1.54) is 0 Å². The average Bonchev–Trinajstić information content (AvgIpc) is 2.55. The molecule has 0 heterocycles. The number of carbonyl (C=O) groups is 2. The van der Waals surface area contributed by atoms with Crippen LogP contribution >= 0.6 is 22.6 Å². The van der Waals surface area contributed by atoms with Crippen LogP contribution in [0.5, 0.6) is 5.75 Å².